The van der Waals surface area contributed by atoms with Crippen LogP contribution in [0.2, 0.25) is 0 Å². The normalized spacial score (nSPS) is 12.7. The molecule has 31 heavy (non-hydrogen) atoms. The first-order valence-electron chi connectivity index (χ1n) is 10.2. The molecular formula is C26H28N2O3. The van der Waals surface area contributed by atoms with E-state index in [-0.39, 0.29) is 0 Å². The second kappa shape index (κ2) is 9.14. The Labute approximate surface area is 182 Å². The number of rotatable bonds is 8. The first kappa shape index (κ1) is 22.2. The van der Waals surface area contributed by atoms with Crippen molar-refractivity contribution in [1.82, 2.24) is 5.32 Å². The van der Waals surface area contributed by atoms with E-state index >= 15 is 0 Å². The first-order chi connectivity index (χ1) is 14.8. The van der Waals surface area contributed by atoms with E-state index in [1.807, 2.05) is 91.0 Å². The molecule has 0 unspecified atom stereocenters. The lowest BCUT2D eigenvalue weighted by molar-refractivity contribution is -0.141. The Kier molecular flexibility index (Phi) is 6.56. The van der Waals surface area contributed by atoms with Crippen molar-refractivity contribution in [1.29, 1.82) is 0 Å². The van der Waals surface area contributed by atoms with Crippen LogP contribution < -0.4 is 11.1 Å². The van der Waals surface area contributed by atoms with Crippen molar-refractivity contribution in [3.05, 3.63) is 108 Å². The molecule has 0 aliphatic carbocycles. The third kappa shape index (κ3) is 4.67. The van der Waals surface area contributed by atoms with Gasteiger partial charge < -0.3 is 16.2 Å². The topological polar surface area (TPSA) is 92.4 Å². The SMILES string of the molecule is CC(C)(C(N)=O)C(=O)N[C@H](Cc1ccccc1)C(O)(c1ccccc1)c1ccccc1. The zero-order valence-corrected chi connectivity index (χ0v) is 17.8. The Balaban J connectivity index is 2.13. The Morgan fingerprint density at radius 3 is 1.68 bits per heavy atom. The lowest BCUT2D eigenvalue weighted by Crippen LogP contribution is -2.57. The maximum Gasteiger partial charge on any atom is 0.235 e. The summed E-state index contributed by atoms with van der Waals surface area (Å²) in [5, 5.41) is 15.1. The van der Waals surface area contributed by atoms with Crippen LogP contribution in [-0.2, 0) is 21.6 Å². The standard InChI is InChI=1S/C26H28N2O3/c1-25(2,23(27)29)24(30)28-22(18-19-12-6-3-7-13-19)26(31,20-14-8-4-9-15-20)21-16-10-5-11-17-21/h3-17,22,31H,18H2,1-2H3,(H2,27,29)(H,28,30)/t22-/m1/s1. The van der Waals surface area contributed by atoms with Crippen molar-refractivity contribution in [2.75, 3.05) is 0 Å². The molecule has 5 nitrogen and oxygen atoms in total. The number of carbonyl (C=O) groups is 2. The van der Waals surface area contributed by atoms with Crippen LogP contribution in [0.25, 0.3) is 0 Å². The summed E-state index contributed by atoms with van der Waals surface area (Å²) in [5.74, 6) is -1.27. The predicted molar refractivity (Wildman–Crippen MR) is 121 cm³/mol. The van der Waals surface area contributed by atoms with Crippen LogP contribution in [0.4, 0.5) is 0 Å². The van der Waals surface area contributed by atoms with E-state index in [1.165, 1.54) is 13.8 Å². The van der Waals surface area contributed by atoms with Crippen molar-refractivity contribution < 1.29 is 14.7 Å². The van der Waals surface area contributed by atoms with E-state index in [2.05, 4.69) is 5.32 Å². The molecule has 0 aliphatic rings. The van der Waals surface area contributed by atoms with Crippen molar-refractivity contribution in [3.63, 3.8) is 0 Å². The minimum Gasteiger partial charge on any atom is -0.378 e. The molecule has 2 amide bonds. The largest absolute Gasteiger partial charge is 0.378 e. The smallest absolute Gasteiger partial charge is 0.235 e. The number of benzene rings is 3. The summed E-state index contributed by atoms with van der Waals surface area (Å²) in [6, 6.07) is 27.3. The molecule has 0 saturated heterocycles. The zero-order valence-electron chi connectivity index (χ0n) is 17.8. The third-order valence-electron chi connectivity index (χ3n) is 5.70. The van der Waals surface area contributed by atoms with Gasteiger partial charge in [-0.3, -0.25) is 9.59 Å². The van der Waals surface area contributed by atoms with Crippen LogP contribution in [-0.4, -0.2) is 23.0 Å². The van der Waals surface area contributed by atoms with Crippen molar-refractivity contribution in [2.24, 2.45) is 11.1 Å². The molecule has 3 rings (SSSR count). The molecule has 0 saturated carbocycles. The number of primary amides is 1. The molecule has 4 N–H and O–H groups in total. The predicted octanol–water partition coefficient (Wildman–Crippen LogP) is 3.16. The van der Waals surface area contributed by atoms with E-state index in [4.69, 9.17) is 5.73 Å². The lowest BCUT2D eigenvalue weighted by atomic mass is 9.77. The third-order valence-corrected chi connectivity index (χ3v) is 5.70. The summed E-state index contributed by atoms with van der Waals surface area (Å²) in [5.41, 5.74) is 4.72. The zero-order chi connectivity index (χ0) is 22.5. The molecule has 0 aromatic heterocycles. The highest BCUT2D eigenvalue weighted by Crippen LogP contribution is 2.35. The number of aliphatic hydroxyl groups is 1. The molecule has 3 aromatic carbocycles. The lowest BCUT2D eigenvalue weighted by Gasteiger charge is -2.39. The summed E-state index contributed by atoms with van der Waals surface area (Å²) in [4.78, 5) is 25.0. The van der Waals surface area contributed by atoms with Crippen LogP contribution in [0.1, 0.15) is 30.5 Å². The highest BCUT2D eigenvalue weighted by molar-refractivity contribution is 6.03. The van der Waals surface area contributed by atoms with Crippen LogP contribution in [0.15, 0.2) is 91.0 Å². The number of hydrogen-bond donors (Lipinski definition) is 3. The quantitative estimate of drug-likeness (QED) is 0.493. The van der Waals surface area contributed by atoms with E-state index in [0.29, 0.717) is 17.5 Å². The maximum atomic E-state index is 13.1. The van der Waals surface area contributed by atoms with E-state index in [1.54, 1.807) is 0 Å². The van der Waals surface area contributed by atoms with Crippen LogP contribution in [0.3, 0.4) is 0 Å². The molecule has 3 aromatic rings. The highest BCUT2D eigenvalue weighted by Gasteiger charge is 2.44. The fourth-order valence-electron chi connectivity index (χ4n) is 3.56. The molecule has 1 atom stereocenters. The second-order valence-corrected chi connectivity index (χ2v) is 8.20. The number of hydrogen-bond acceptors (Lipinski definition) is 3. The van der Waals surface area contributed by atoms with Crippen molar-refractivity contribution in [3.8, 4) is 0 Å². The summed E-state index contributed by atoms with van der Waals surface area (Å²) >= 11 is 0. The Bertz CT molecular complexity index is 979. The fraction of sp³-hybridized carbons (Fsp3) is 0.231. The average Bonchev–Trinajstić information content (AvgIpc) is 2.79. The van der Waals surface area contributed by atoms with Crippen LogP contribution >= 0.6 is 0 Å². The van der Waals surface area contributed by atoms with E-state index in [0.717, 1.165) is 5.56 Å². The molecule has 5 heteroatoms. The second-order valence-electron chi connectivity index (χ2n) is 8.20. The molecule has 0 bridgehead atoms. The van der Waals surface area contributed by atoms with Gasteiger partial charge in [0.15, 0.2) is 0 Å². The van der Waals surface area contributed by atoms with Gasteiger partial charge in [-0.1, -0.05) is 91.0 Å². The monoisotopic (exact) mass is 416 g/mol. The molecular weight excluding hydrogens is 388 g/mol. The Morgan fingerprint density at radius 2 is 1.26 bits per heavy atom. The first-order valence-corrected chi connectivity index (χ1v) is 10.2. The summed E-state index contributed by atoms with van der Waals surface area (Å²) < 4.78 is 0. The van der Waals surface area contributed by atoms with Crippen LogP contribution in [0.5, 0.6) is 0 Å². The average molecular weight is 417 g/mol. The molecule has 160 valence electrons. The number of carbonyl (C=O) groups excluding carboxylic acids is 2. The summed E-state index contributed by atoms with van der Waals surface area (Å²) in [6.45, 7) is 2.96. The number of nitrogens with one attached hydrogen (secondary N) is 1. The molecule has 0 heterocycles. The molecule has 0 fully saturated rings. The number of nitrogens with two attached hydrogens (primary N) is 1. The van der Waals surface area contributed by atoms with Gasteiger partial charge in [0.2, 0.25) is 11.8 Å². The van der Waals surface area contributed by atoms with Crippen molar-refractivity contribution >= 4 is 11.8 Å². The minimum atomic E-state index is -1.54. The van der Waals surface area contributed by atoms with E-state index in [9.17, 15) is 14.7 Å². The Morgan fingerprint density at radius 1 is 0.839 bits per heavy atom. The molecule has 0 radical (unpaired) electrons. The fourth-order valence-corrected chi connectivity index (χ4v) is 3.56. The molecule has 0 spiro atoms. The number of amides is 2. The summed E-state index contributed by atoms with van der Waals surface area (Å²) in [7, 11) is 0. The van der Waals surface area contributed by atoms with Gasteiger partial charge in [-0.05, 0) is 37.0 Å². The van der Waals surface area contributed by atoms with Gasteiger partial charge in [0.05, 0.1) is 6.04 Å². The van der Waals surface area contributed by atoms with E-state index < -0.39 is 28.9 Å². The van der Waals surface area contributed by atoms with Gasteiger partial charge in [-0.2, -0.15) is 0 Å². The highest BCUT2D eigenvalue weighted by atomic mass is 16.3. The summed E-state index contributed by atoms with van der Waals surface area (Å²) in [6.07, 6.45) is 0.349. The molecule has 0 aliphatic heterocycles. The van der Waals surface area contributed by atoms with Gasteiger partial charge in [-0.25, -0.2) is 0 Å². The van der Waals surface area contributed by atoms with Crippen LogP contribution in [0, 0.1) is 5.41 Å². The van der Waals surface area contributed by atoms with Gasteiger partial charge in [0.1, 0.15) is 11.0 Å². The maximum absolute atomic E-state index is 13.1. The van der Waals surface area contributed by atoms with Gasteiger partial charge >= 0.3 is 0 Å². The van der Waals surface area contributed by atoms with Gasteiger partial charge in [0, 0.05) is 0 Å². The minimum absolute atomic E-state index is 0.349. The van der Waals surface area contributed by atoms with Gasteiger partial charge in [-0.15, -0.1) is 0 Å². The van der Waals surface area contributed by atoms with Crippen molar-refractivity contribution in [2.45, 2.75) is 31.9 Å². The van der Waals surface area contributed by atoms with Gasteiger partial charge in [0.25, 0.3) is 0 Å². The Hall–Kier alpha value is -3.44.